The van der Waals surface area contributed by atoms with Crippen molar-refractivity contribution in [3.8, 4) is 28.6 Å². The van der Waals surface area contributed by atoms with Crippen LogP contribution in [-0.2, 0) is 11.2 Å². The molecule has 34 heavy (non-hydrogen) atoms. The van der Waals surface area contributed by atoms with Gasteiger partial charge in [0.05, 0.1) is 27.2 Å². The monoisotopic (exact) mass is 469 g/mol. The second kappa shape index (κ2) is 10.5. The number of carbonyl (C=O) groups is 1. The molecule has 1 fully saturated rings. The molecule has 0 spiro atoms. The van der Waals surface area contributed by atoms with E-state index in [0.29, 0.717) is 60.5 Å². The van der Waals surface area contributed by atoms with Crippen molar-refractivity contribution in [2.24, 2.45) is 0 Å². The summed E-state index contributed by atoms with van der Waals surface area (Å²) in [6, 6.07) is 9.77. The number of hydrogen-bond donors (Lipinski definition) is 0. The molecule has 1 amide bonds. The minimum Gasteiger partial charge on any atom is -0.493 e. The van der Waals surface area contributed by atoms with E-state index < -0.39 is 0 Å². The fourth-order valence-corrected chi connectivity index (χ4v) is 4.31. The molecule has 3 aromatic rings. The van der Waals surface area contributed by atoms with Crippen molar-refractivity contribution < 1.29 is 27.9 Å². The Kier molecular flexibility index (Phi) is 7.30. The highest BCUT2D eigenvalue weighted by molar-refractivity contribution is 5.77. The molecule has 1 aliphatic rings. The van der Waals surface area contributed by atoms with Gasteiger partial charge in [0.15, 0.2) is 11.5 Å². The number of benzene rings is 2. The average molecular weight is 470 g/mol. The van der Waals surface area contributed by atoms with Crippen LogP contribution in [0.25, 0.3) is 11.4 Å². The second-order valence-corrected chi connectivity index (χ2v) is 8.14. The molecule has 0 saturated carbocycles. The number of ether oxygens (including phenoxy) is 3. The van der Waals surface area contributed by atoms with Crippen LogP contribution in [0.4, 0.5) is 4.39 Å². The van der Waals surface area contributed by atoms with E-state index in [9.17, 15) is 9.18 Å². The molecule has 1 atom stereocenters. The first kappa shape index (κ1) is 23.5. The molecule has 180 valence electrons. The van der Waals surface area contributed by atoms with Crippen LogP contribution in [0.5, 0.6) is 17.2 Å². The molecule has 2 heterocycles. The van der Waals surface area contributed by atoms with Crippen molar-refractivity contribution in [3.63, 3.8) is 0 Å². The van der Waals surface area contributed by atoms with Gasteiger partial charge in [-0.15, -0.1) is 0 Å². The van der Waals surface area contributed by atoms with E-state index in [1.54, 1.807) is 33.5 Å². The lowest BCUT2D eigenvalue weighted by atomic mass is 9.97. The van der Waals surface area contributed by atoms with Gasteiger partial charge in [-0.25, -0.2) is 4.39 Å². The first-order chi connectivity index (χ1) is 16.5. The quantitative estimate of drug-likeness (QED) is 0.488. The molecule has 1 saturated heterocycles. The first-order valence-electron chi connectivity index (χ1n) is 11.2. The maximum atomic E-state index is 13.5. The standard InChI is InChI=1S/C25H28FN3O5/c1-31-20-11-9-16(22(32-2)23(20)33-3)10-12-21(30)29-13-5-7-18(15-29)25-27-24(28-34-25)17-6-4-8-19(26)14-17/h4,6,8-9,11,14,18H,5,7,10,12-13,15H2,1-3H3. The van der Waals surface area contributed by atoms with Gasteiger partial charge in [0.2, 0.25) is 23.4 Å². The number of amides is 1. The third-order valence-electron chi connectivity index (χ3n) is 6.04. The number of nitrogens with zero attached hydrogens (tertiary/aromatic N) is 3. The lowest BCUT2D eigenvalue weighted by Crippen LogP contribution is -2.39. The zero-order valence-electron chi connectivity index (χ0n) is 19.5. The molecule has 0 aliphatic carbocycles. The molecule has 0 bridgehead atoms. The van der Waals surface area contributed by atoms with Crippen LogP contribution < -0.4 is 14.2 Å². The van der Waals surface area contributed by atoms with Gasteiger partial charge in [-0.2, -0.15) is 4.98 Å². The van der Waals surface area contributed by atoms with E-state index in [-0.39, 0.29) is 17.6 Å². The number of likely N-dealkylation sites (tertiary alicyclic amines) is 1. The average Bonchev–Trinajstić information content (AvgIpc) is 3.37. The Morgan fingerprint density at radius 3 is 2.71 bits per heavy atom. The van der Waals surface area contributed by atoms with Gasteiger partial charge in [-0.05, 0) is 43.0 Å². The van der Waals surface area contributed by atoms with Gasteiger partial charge >= 0.3 is 0 Å². The number of aromatic nitrogens is 2. The summed E-state index contributed by atoms with van der Waals surface area (Å²) in [7, 11) is 4.69. The maximum absolute atomic E-state index is 13.5. The van der Waals surface area contributed by atoms with E-state index in [1.807, 2.05) is 17.0 Å². The van der Waals surface area contributed by atoms with E-state index in [2.05, 4.69) is 10.1 Å². The lowest BCUT2D eigenvalue weighted by molar-refractivity contribution is -0.132. The number of halogens is 1. The summed E-state index contributed by atoms with van der Waals surface area (Å²) in [5, 5.41) is 4.01. The summed E-state index contributed by atoms with van der Waals surface area (Å²) in [6.45, 7) is 1.19. The molecule has 1 unspecified atom stereocenters. The molecule has 8 nitrogen and oxygen atoms in total. The van der Waals surface area contributed by atoms with Gasteiger partial charge in [-0.1, -0.05) is 23.4 Å². The summed E-state index contributed by atoms with van der Waals surface area (Å²) in [5.74, 6) is 2.11. The van der Waals surface area contributed by atoms with Gasteiger partial charge in [-0.3, -0.25) is 4.79 Å². The Labute approximate surface area is 197 Å². The zero-order valence-corrected chi connectivity index (χ0v) is 19.5. The van der Waals surface area contributed by atoms with Crippen LogP contribution in [0, 0.1) is 5.82 Å². The molecule has 1 aromatic heterocycles. The van der Waals surface area contributed by atoms with Gasteiger partial charge in [0, 0.05) is 25.1 Å². The summed E-state index contributed by atoms with van der Waals surface area (Å²) in [6.07, 6.45) is 2.52. The van der Waals surface area contributed by atoms with Gasteiger partial charge in [0.1, 0.15) is 5.82 Å². The molecule has 0 N–H and O–H groups in total. The third-order valence-corrected chi connectivity index (χ3v) is 6.04. The Balaban J connectivity index is 1.41. The number of aryl methyl sites for hydroxylation is 1. The number of carbonyl (C=O) groups excluding carboxylic acids is 1. The molecular weight excluding hydrogens is 441 g/mol. The van der Waals surface area contributed by atoms with Crippen LogP contribution in [0.3, 0.4) is 0 Å². The van der Waals surface area contributed by atoms with Crippen LogP contribution in [0.15, 0.2) is 40.9 Å². The predicted octanol–water partition coefficient (Wildman–Crippen LogP) is 4.24. The first-order valence-corrected chi connectivity index (χ1v) is 11.2. The predicted molar refractivity (Wildman–Crippen MR) is 123 cm³/mol. The van der Waals surface area contributed by atoms with Crippen molar-refractivity contribution in [1.82, 2.24) is 15.0 Å². The zero-order chi connectivity index (χ0) is 24.1. The fraction of sp³-hybridized carbons (Fsp3) is 0.400. The second-order valence-electron chi connectivity index (χ2n) is 8.14. The van der Waals surface area contributed by atoms with Crippen molar-refractivity contribution in [1.29, 1.82) is 0 Å². The molecule has 9 heteroatoms. The topological polar surface area (TPSA) is 86.9 Å². The van der Waals surface area contributed by atoms with E-state index in [4.69, 9.17) is 18.7 Å². The van der Waals surface area contributed by atoms with Crippen LogP contribution in [-0.4, -0.2) is 55.4 Å². The largest absolute Gasteiger partial charge is 0.493 e. The third kappa shape index (κ3) is 4.98. The van der Waals surface area contributed by atoms with Crippen molar-refractivity contribution in [2.75, 3.05) is 34.4 Å². The van der Waals surface area contributed by atoms with Crippen LogP contribution >= 0.6 is 0 Å². The normalized spacial score (nSPS) is 15.8. The SMILES string of the molecule is COc1ccc(CCC(=O)N2CCCC(c3nc(-c4cccc(F)c4)no3)C2)c(OC)c1OC. The molecule has 2 aromatic carbocycles. The Morgan fingerprint density at radius 1 is 1.15 bits per heavy atom. The smallest absolute Gasteiger partial charge is 0.231 e. The van der Waals surface area contributed by atoms with E-state index in [0.717, 1.165) is 18.4 Å². The summed E-state index contributed by atoms with van der Waals surface area (Å²) < 4.78 is 35.3. The van der Waals surface area contributed by atoms with Gasteiger partial charge < -0.3 is 23.6 Å². The minimum atomic E-state index is -0.357. The van der Waals surface area contributed by atoms with E-state index >= 15 is 0 Å². The van der Waals surface area contributed by atoms with Crippen molar-refractivity contribution >= 4 is 5.91 Å². The van der Waals surface area contributed by atoms with Gasteiger partial charge in [0.25, 0.3) is 0 Å². The molecule has 1 aliphatic heterocycles. The minimum absolute atomic E-state index is 0.0476. The Morgan fingerprint density at radius 2 is 1.97 bits per heavy atom. The number of methoxy groups -OCH3 is 3. The summed E-state index contributed by atoms with van der Waals surface area (Å²) in [4.78, 5) is 19.3. The highest BCUT2D eigenvalue weighted by Crippen LogP contribution is 2.40. The Hall–Kier alpha value is -3.62. The fourth-order valence-electron chi connectivity index (χ4n) is 4.31. The highest BCUT2D eigenvalue weighted by atomic mass is 19.1. The number of hydrogen-bond acceptors (Lipinski definition) is 7. The van der Waals surface area contributed by atoms with Crippen LogP contribution in [0.1, 0.15) is 36.6 Å². The Bertz CT molecular complexity index is 1150. The van der Waals surface area contributed by atoms with Crippen molar-refractivity contribution in [3.05, 3.63) is 53.7 Å². The van der Waals surface area contributed by atoms with Crippen LogP contribution in [0.2, 0.25) is 0 Å². The molecular formula is C25H28FN3O5. The summed E-state index contributed by atoms with van der Waals surface area (Å²) in [5.41, 5.74) is 1.43. The number of rotatable bonds is 8. The maximum Gasteiger partial charge on any atom is 0.231 e. The summed E-state index contributed by atoms with van der Waals surface area (Å²) >= 11 is 0. The van der Waals surface area contributed by atoms with Crippen molar-refractivity contribution in [2.45, 2.75) is 31.6 Å². The number of piperidine rings is 1. The molecule has 4 rings (SSSR count). The van der Waals surface area contributed by atoms with E-state index in [1.165, 1.54) is 12.1 Å². The molecule has 0 radical (unpaired) electrons. The highest BCUT2D eigenvalue weighted by Gasteiger charge is 2.29. The lowest BCUT2D eigenvalue weighted by Gasteiger charge is -2.31.